The maximum Gasteiger partial charge on any atom is 0.136 e. The van der Waals surface area contributed by atoms with Gasteiger partial charge in [0, 0.05) is 25.7 Å². The zero-order valence-electron chi connectivity index (χ0n) is 8.28. The summed E-state index contributed by atoms with van der Waals surface area (Å²) in [5.74, 6) is 0. The molecule has 0 radical (unpaired) electrons. The van der Waals surface area contributed by atoms with Gasteiger partial charge in [0.05, 0.1) is 6.04 Å². The van der Waals surface area contributed by atoms with Gasteiger partial charge in [-0.15, -0.1) is 0 Å². The van der Waals surface area contributed by atoms with Crippen molar-refractivity contribution in [3.05, 3.63) is 0 Å². The van der Waals surface area contributed by atoms with E-state index in [1.165, 1.54) is 19.4 Å². The van der Waals surface area contributed by atoms with Crippen LogP contribution in [0.3, 0.4) is 0 Å². The first-order valence-electron chi connectivity index (χ1n) is 5.24. The SMILES string of the molecule is CC(C=O)N1CCN2CCCC2C1. The molecule has 2 aliphatic rings. The fourth-order valence-corrected chi connectivity index (χ4v) is 2.47. The second kappa shape index (κ2) is 3.76. The molecule has 2 unspecified atom stereocenters. The van der Waals surface area contributed by atoms with Gasteiger partial charge in [0.1, 0.15) is 6.29 Å². The second-order valence-electron chi connectivity index (χ2n) is 4.20. The highest BCUT2D eigenvalue weighted by molar-refractivity contribution is 5.56. The molecular formula is C10H18N2O. The molecule has 3 heteroatoms. The minimum absolute atomic E-state index is 0.114. The third-order valence-electron chi connectivity index (χ3n) is 3.39. The van der Waals surface area contributed by atoms with Crippen molar-refractivity contribution in [1.29, 1.82) is 0 Å². The van der Waals surface area contributed by atoms with Gasteiger partial charge >= 0.3 is 0 Å². The number of nitrogens with zero attached hydrogens (tertiary/aromatic N) is 2. The molecule has 0 aliphatic carbocycles. The summed E-state index contributed by atoms with van der Waals surface area (Å²) in [6.07, 6.45) is 3.72. The second-order valence-corrected chi connectivity index (χ2v) is 4.20. The number of fused-ring (bicyclic) bond motifs is 1. The molecule has 3 nitrogen and oxygen atoms in total. The summed E-state index contributed by atoms with van der Waals surface area (Å²) in [5.41, 5.74) is 0. The standard InChI is InChI=1S/C10H18N2O/c1-9(8-13)12-6-5-11-4-2-3-10(11)7-12/h8-10H,2-7H2,1H3. The Hall–Kier alpha value is -0.410. The summed E-state index contributed by atoms with van der Waals surface area (Å²) in [7, 11) is 0. The fraction of sp³-hybridized carbons (Fsp3) is 0.900. The van der Waals surface area contributed by atoms with Crippen LogP contribution < -0.4 is 0 Å². The van der Waals surface area contributed by atoms with Crippen molar-refractivity contribution >= 4 is 6.29 Å². The number of carbonyl (C=O) groups excluding carboxylic acids is 1. The van der Waals surface area contributed by atoms with Gasteiger partial charge in [0.25, 0.3) is 0 Å². The van der Waals surface area contributed by atoms with Crippen LogP contribution in [0.2, 0.25) is 0 Å². The summed E-state index contributed by atoms with van der Waals surface area (Å²) >= 11 is 0. The first-order chi connectivity index (χ1) is 6.31. The molecule has 13 heavy (non-hydrogen) atoms. The molecule has 0 aromatic rings. The van der Waals surface area contributed by atoms with Crippen LogP contribution in [0.1, 0.15) is 19.8 Å². The minimum Gasteiger partial charge on any atom is -0.302 e. The lowest BCUT2D eigenvalue weighted by atomic mass is 10.1. The van der Waals surface area contributed by atoms with E-state index in [9.17, 15) is 4.79 Å². The van der Waals surface area contributed by atoms with E-state index in [1.54, 1.807) is 0 Å². The highest BCUT2D eigenvalue weighted by Crippen LogP contribution is 2.21. The van der Waals surface area contributed by atoms with E-state index in [-0.39, 0.29) is 6.04 Å². The number of hydrogen-bond acceptors (Lipinski definition) is 3. The zero-order chi connectivity index (χ0) is 9.26. The van der Waals surface area contributed by atoms with Gasteiger partial charge in [-0.05, 0) is 26.3 Å². The number of carbonyl (C=O) groups is 1. The summed E-state index contributed by atoms with van der Waals surface area (Å²) < 4.78 is 0. The van der Waals surface area contributed by atoms with Crippen LogP contribution in [0.25, 0.3) is 0 Å². The lowest BCUT2D eigenvalue weighted by Gasteiger charge is -2.38. The molecule has 0 aromatic heterocycles. The van der Waals surface area contributed by atoms with Gasteiger partial charge < -0.3 is 4.79 Å². The number of piperazine rings is 1. The van der Waals surface area contributed by atoms with Gasteiger partial charge in [0.15, 0.2) is 0 Å². The molecule has 2 fully saturated rings. The van der Waals surface area contributed by atoms with Gasteiger partial charge in [0.2, 0.25) is 0 Å². The van der Waals surface area contributed by atoms with Crippen LogP contribution in [-0.4, -0.2) is 54.3 Å². The summed E-state index contributed by atoms with van der Waals surface area (Å²) in [5, 5.41) is 0. The maximum atomic E-state index is 10.6. The quantitative estimate of drug-likeness (QED) is 0.576. The average Bonchev–Trinajstić information content (AvgIpc) is 2.63. The van der Waals surface area contributed by atoms with Crippen LogP contribution in [0.15, 0.2) is 0 Å². The number of rotatable bonds is 2. The monoisotopic (exact) mass is 182 g/mol. The molecule has 2 saturated heterocycles. The van der Waals surface area contributed by atoms with Crippen LogP contribution >= 0.6 is 0 Å². The van der Waals surface area contributed by atoms with Crippen LogP contribution in [0.5, 0.6) is 0 Å². The Morgan fingerprint density at radius 3 is 3.00 bits per heavy atom. The molecule has 2 atom stereocenters. The van der Waals surface area contributed by atoms with E-state index < -0.39 is 0 Å². The van der Waals surface area contributed by atoms with E-state index in [2.05, 4.69) is 9.80 Å². The predicted octanol–water partition coefficient (Wildman–Crippen LogP) is 0.354. The minimum atomic E-state index is 0.114. The highest BCUT2D eigenvalue weighted by Gasteiger charge is 2.31. The average molecular weight is 182 g/mol. The lowest BCUT2D eigenvalue weighted by Crippen LogP contribution is -2.53. The van der Waals surface area contributed by atoms with Gasteiger partial charge in [-0.3, -0.25) is 9.80 Å². The predicted molar refractivity (Wildman–Crippen MR) is 51.7 cm³/mol. The van der Waals surface area contributed by atoms with E-state index in [4.69, 9.17) is 0 Å². The van der Waals surface area contributed by atoms with Crippen LogP contribution in [0, 0.1) is 0 Å². The topological polar surface area (TPSA) is 23.6 Å². The molecule has 0 saturated carbocycles. The van der Waals surface area contributed by atoms with Crippen molar-refractivity contribution in [2.45, 2.75) is 31.8 Å². The van der Waals surface area contributed by atoms with Crippen molar-refractivity contribution < 1.29 is 4.79 Å². The molecule has 74 valence electrons. The van der Waals surface area contributed by atoms with E-state index in [0.717, 1.165) is 32.0 Å². The first kappa shape index (κ1) is 9.16. The maximum absolute atomic E-state index is 10.6. The largest absolute Gasteiger partial charge is 0.302 e. The van der Waals surface area contributed by atoms with E-state index in [1.807, 2.05) is 6.92 Å². The Bertz CT molecular complexity index is 195. The summed E-state index contributed by atoms with van der Waals surface area (Å²) in [6, 6.07) is 0.846. The highest BCUT2D eigenvalue weighted by atomic mass is 16.1. The molecule has 0 bridgehead atoms. The van der Waals surface area contributed by atoms with Crippen molar-refractivity contribution in [3.8, 4) is 0 Å². The van der Waals surface area contributed by atoms with Crippen molar-refractivity contribution in [2.24, 2.45) is 0 Å². The Kier molecular flexibility index (Phi) is 2.65. The van der Waals surface area contributed by atoms with E-state index in [0.29, 0.717) is 0 Å². The van der Waals surface area contributed by atoms with Crippen LogP contribution in [-0.2, 0) is 4.79 Å². The van der Waals surface area contributed by atoms with Gasteiger partial charge in [-0.25, -0.2) is 0 Å². The molecule has 0 aromatic carbocycles. The molecule has 2 aliphatic heterocycles. The smallest absolute Gasteiger partial charge is 0.136 e. The Labute approximate surface area is 79.7 Å². The van der Waals surface area contributed by atoms with Crippen LogP contribution in [0.4, 0.5) is 0 Å². The molecule has 0 amide bonds. The normalized spacial score (nSPS) is 32.8. The lowest BCUT2D eigenvalue weighted by molar-refractivity contribution is -0.112. The Morgan fingerprint density at radius 2 is 2.23 bits per heavy atom. The van der Waals surface area contributed by atoms with Gasteiger partial charge in [-0.1, -0.05) is 0 Å². The third kappa shape index (κ3) is 1.76. The fourth-order valence-electron chi connectivity index (χ4n) is 2.47. The summed E-state index contributed by atoms with van der Waals surface area (Å²) in [4.78, 5) is 15.5. The van der Waals surface area contributed by atoms with Crippen molar-refractivity contribution in [3.63, 3.8) is 0 Å². The number of hydrogen-bond donors (Lipinski definition) is 0. The summed E-state index contributed by atoms with van der Waals surface area (Å²) in [6.45, 7) is 6.59. The Balaban J connectivity index is 1.93. The van der Waals surface area contributed by atoms with Crippen molar-refractivity contribution in [1.82, 2.24) is 9.80 Å². The molecule has 0 spiro atoms. The Morgan fingerprint density at radius 1 is 1.38 bits per heavy atom. The van der Waals surface area contributed by atoms with Crippen molar-refractivity contribution in [2.75, 3.05) is 26.2 Å². The number of aldehydes is 1. The van der Waals surface area contributed by atoms with E-state index >= 15 is 0 Å². The van der Waals surface area contributed by atoms with Gasteiger partial charge in [-0.2, -0.15) is 0 Å². The molecule has 2 heterocycles. The molecular weight excluding hydrogens is 164 g/mol. The molecule has 2 rings (SSSR count). The third-order valence-corrected chi connectivity index (χ3v) is 3.39. The first-order valence-corrected chi connectivity index (χ1v) is 5.24. The molecule has 0 N–H and O–H groups in total. The zero-order valence-corrected chi connectivity index (χ0v) is 8.28.